The van der Waals surface area contributed by atoms with Gasteiger partial charge in [-0.2, -0.15) is 0 Å². The molecule has 3 aromatic rings. The monoisotopic (exact) mass is 336 g/mol. The van der Waals surface area contributed by atoms with Crippen LogP contribution in [0.25, 0.3) is 10.9 Å². The smallest absolute Gasteiger partial charge is 0.256 e. The van der Waals surface area contributed by atoms with E-state index in [-0.39, 0.29) is 5.91 Å². The molecule has 1 N–H and O–H groups in total. The molecule has 0 unspecified atom stereocenters. The minimum atomic E-state index is -1.20. The SMILES string of the molecule is COc1ccc([C@H](O)C(=O)N(C)Cc2cnc3ccccc3c2)cc1. The molecule has 0 aliphatic heterocycles. The summed E-state index contributed by atoms with van der Waals surface area (Å²) in [7, 11) is 3.24. The second-order valence-corrected chi connectivity index (χ2v) is 5.91. The molecule has 5 heteroatoms. The van der Waals surface area contributed by atoms with Gasteiger partial charge >= 0.3 is 0 Å². The van der Waals surface area contributed by atoms with E-state index in [0.29, 0.717) is 17.9 Å². The van der Waals surface area contributed by atoms with Crippen LogP contribution in [-0.2, 0) is 11.3 Å². The summed E-state index contributed by atoms with van der Waals surface area (Å²) in [6, 6.07) is 16.6. The molecular weight excluding hydrogens is 316 g/mol. The molecule has 25 heavy (non-hydrogen) atoms. The predicted octanol–water partition coefficient (Wildman–Crippen LogP) is 2.94. The number of pyridine rings is 1. The molecule has 3 rings (SSSR count). The molecule has 0 bridgehead atoms. The number of aromatic nitrogens is 1. The zero-order valence-corrected chi connectivity index (χ0v) is 14.2. The first-order chi connectivity index (χ1) is 12.1. The number of aliphatic hydroxyl groups is 1. The first kappa shape index (κ1) is 16.9. The fourth-order valence-corrected chi connectivity index (χ4v) is 2.69. The molecule has 1 aromatic heterocycles. The van der Waals surface area contributed by atoms with Gasteiger partial charge in [0, 0.05) is 25.2 Å². The zero-order chi connectivity index (χ0) is 17.8. The maximum atomic E-state index is 12.5. The maximum Gasteiger partial charge on any atom is 0.256 e. The van der Waals surface area contributed by atoms with Crippen molar-refractivity contribution >= 4 is 16.8 Å². The van der Waals surface area contributed by atoms with Gasteiger partial charge in [0.15, 0.2) is 6.10 Å². The molecule has 0 aliphatic rings. The second kappa shape index (κ2) is 7.32. The Morgan fingerprint density at radius 3 is 2.64 bits per heavy atom. The lowest BCUT2D eigenvalue weighted by molar-refractivity contribution is -0.139. The molecule has 0 radical (unpaired) electrons. The van der Waals surface area contributed by atoms with E-state index in [0.717, 1.165) is 16.5 Å². The first-order valence-corrected chi connectivity index (χ1v) is 7.99. The van der Waals surface area contributed by atoms with Crippen LogP contribution in [-0.4, -0.2) is 35.1 Å². The third kappa shape index (κ3) is 3.78. The van der Waals surface area contributed by atoms with E-state index in [4.69, 9.17) is 4.74 Å². The molecule has 0 saturated carbocycles. The van der Waals surface area contributed by atoms with Crippen molar-refractivity contribution in [3.8, 4) is 5.75 Å². The Kier molecular flexibility index (Phi) is 4.95. The van der Waals surface area contributed by atoms with Gasteiger partial charge in [0.05, 0.1) is 12.6 Å². The van der Waals surface area contributed by atoms with Crippen molar-refractivity contribution in [3.05, 3.63) is 71.9 Å². The number of fused-ring (bicyclic) bond motifs is 1. The van der Waals surface area contributed by atoms with Crippen molar-refractivity contribution in [1.82, 2.24) is 9.88 Å². The summed E-state index contributed by atoms with van der Waals surface area (Å²) in [5.74, 6) is 0.317. The Bertz CT molecular complexity index is 878. The highest BCUT2D eigenvalue weighted by molar-refractivity contribution is 5.82. The summed E-state index contributed by atoms with van der Waals surface area (Å²) in [5.41, 5.74) is 2.37. The highest BCUT2D eigenvalue weighted by Crippen LogP contribution is 2.20. The third-order valence-corrected chi connectivity index (χ3v) is 4.11. The van der Waals surface area contributed by atoms with Gasteiger partial charge in [0.2, 0.25) is 0 Å². The third-order valence-electron chi connectivity index (χ3n) is 4.11. The Morgan fingerprint density at radius 2 is 1.92 bits per heavy atom. The average molecular weight is 336 g/mol. The van der Waals surface area contributed by atoms with E-state index in [1.54, 1.807) is 44.6 Å². The zero-order valence-electron chi connectivity index (χ0n) is 14.2. The Labute approximate surface area is 146 Å². The van der Waals surface area contributed by atoms with Gasteiger partial charge in [0.1, 0.15) is 5.75 Å². The molecular formula is C20H20N2O3. The number of para-hydroxylation sites is 1. The number of benzene rings is 2. The fourth-order valence-electron chi connectivity index (χ4n) is 2.69. The topological polar surface area (TPSA) is 62.7 Å². The molecule has 1 atom stereocenters. The molecule has 0 spiro atoms. The van der Waals surface area contributed by atoms with Crippen LogP contribution in [0.5, 0.6) is 5.75 Å². The van der Waals surface area contributed by atoms with Gasteiger partial charge in [-0.15, -0.1) is 0 Å². The summed E-state index contributed by atoms with van der Waals surface area (Å²) in [6.45, 7) is 0.379. The minimum absolute atomic E-state index is 0.363. The molecule has 2 aromatic carbocycles. The van der Waals surface area contributed by atoms with Crippen molar-refractivity contribution in [3.63, 3.8) is 0 Å². The predicted molar refractivity (Wildman–Crippen MR) is 96.2 cm³/mol. The van der Waals surface area contributed by atoms with Gasteiger partial charge < -0.3 is 14.7 Å². The molecule has 0 aliphatic carbocycles. The largest absolute Gasteiger partial charge is 0.497 e. The molecule has 1 amide bonds. The van der Waals surface area contributed by atoms with Crippen LogP contribution in [0.3, 0.4) is 0 Å². The Hall–Kier alpha value is -2.92. The number of carbonyl (C=O) groups is 1. The average Bonchev–Trinajstić information content (AvgIpc) is 2.66. The standard InChI is InChI=1S/C20H20N2O3/c1-22(13-14-11-16-5-3-4-6-18(16)21-12-14)20(24)19(23)15-7-9-17(25-2)10-8-15/h3-12,19,23H,13H2,1-2H3/t19-/m0/s1. The number of nitrogens with zero attached hydrogens (tertiary/aromatic N) is 2. The van der Waals surface area contributed by atoms with Crippen LogP contribution >= 0.6 is 0 Å². The van der Waals surface area contributed by atoms with Crippen molar-refractivity contribution in [2.24, 2.45) is 0 Å². The van der Waals surface area contributed by atoms with Gasteiger partial charge in [-0.05, 0) is 35.4 Å². The van der Waals surface area contributed by atoms with Crippen molar-refractivity contribution in [1.29, 1.82) is 0 Å². The van der Waals surface area contributed by atoms with E-state index in [9.17, 15) is 9.90 Å². The lowest BCUT2D eigenvalue weighted by atomic mass is 10.1. The quantitative estimate of drug-likeness (QED) is 0.778. The first-order valence-electron chi connectivity index (χ1n) is 7.99. The van der Waals surface area contributed by atoms with E-state index in [2.05, 4.69) is 4.98 Å². The number of ether oxygens (including phenoxy) is 1. The molecule has 5 nitrogen and oxygen atoms in total. The summed E-state index contributed by atoms with van der Waals surface area (Å²) in [4.78, 5) is 18.4. The number of likely N-dealkylation sites (N-methyl/N-ethyl adjacent to an activating group) is 1. The van der Waals surface area contributed by atoms with E-state index in [1.165, 1.54) is 4.90 Å². The van der Waals surface area contributed by atoms with E-state index < -0.39 is 6.10 Å². The second-order valence-electron chi connectivity index (χ2n) is 5.91. The van der Waals surface area contributed by atoms with Crippen molar-refractivity contribution < 1.29 is 14.6 Å². The highest BCUT2D eigenvalue weighted by atomic mass is 16.5. The normalized spacial score (nSPS) is 12.0. The van der Waals surface area contributed by atoms with Crippen molar-refractivity contribution in [2.75, 3.05) is 14.2 Å². The van der Waals surface area contributed by atoms with Crippen LogP contribution in [0, 0.1) is 0 Å². The van der Waals surface area contributed by atoms with Crippen LogP contribution in [0.1, 0.15) is 17.2 Å². The highest BCUT2D eigenvalue weighted by Gasteiger charge is 2.21. The lowest BCUT2D eigenvalue weighted by Gasteiger charge is -2.21. The van der Waals surface area contributed by atoms with E-state index >= 15 is 0 Å². The number of amides is 1. The maximum absolute atomic E-state index is 12.5. The van der Waals surface area contributed by atoms with Crippen LogP contribution in [0.15, 0.2) is 60.8 Å². The van der Waals surface area contributed by atoms with Gasteiger partial charge in [0.25, 0.3) is 5.91 Å². The van der Waals surface area contributed by atoms with E-state index in [1.807, 2.05) is 30.3 Å². The summed E-state index contributed by atoms with van der Waals surface area (Å²) >= 11 is 0. The van der Waals surface area contributed by atoms with Gasteiger partial charge in [-0.1, -0.05) is 30.3 Å². The van der Waals surface area contributed by atoms with Crippen molar-refractivity contribution in [2.45, 2.75) is 12.6 Å². The summed E-state index contributed by atoms with van der Waals surface area (Å²) in [6.07, 6.45) is 0.551. The number of hydrogen-bond donors (Lipinski definition) is 1. The van der Waals surface area contributed by atoms with Gasteiger partial charge in [-0.3, -0.25) is 9.78 Å². The molecule has 1 heterocycles. The number of carbonyl (C=O) groups excluding carboxylic acids is 1. The van der Waals surface area contributed by atoms with Crippen LogP contribution < -0.4 is 4.74 Å². The number of hydrogen-bond acceptors (Lipinski definition) is 4. The number of rotatable bonds is 5. The fraction of sp³-hybridized carbons (Fsp3) is 0.200. The molecule has 0 fully saturated rings. The minimum Gasteiger partial charge on any atom is -0.497 e. The molecule has 128 valence electrons. The summed E-state index contributed by atoms with van der Waals surface area (Å²) in [5, 5.41) is 11.3. The number of aliphatic hydroxyl groups excluding tert-OH is 1. The van der Waals surface area contributed by atoms with Crippen LogP contribution in [0.2, 0.25) is 0 Å². The Balaban J connectivity index is 1.71. The summed E-state index contributed by atoms with van der Waals surface area (Å²) < 4.78 is 5.09. The lowest BCUT2D eigenvalue weighted by Crippen LogP contribution is -2.31. The van der Waals surface area contributed by atoms with Gasteiger partial charge in [-0.25, -0.2) is 0 Å². The Morgan fingerprint density at radius 1 is 1.20 bits per heavy atom. The van der Waals surface area contributed by atoms with Crippen LogP contribution in [0.4, 0.5) is 0 Å². The molecule has 0 saturated heterocycles. The number of methoxy groups -OCH3 is 1.